The number of nitrogens with one attached hydrogen (secondary N) is 1. The van der Waals surface area contributed by atoms with Crippen LogP contribution in [-0.4, -0.2) is 30.5 Å². The lowest BCUT2D eigenvalue weighted by atomic mass is 9.99. The summed E-state index contributed by atoms with van der Waals surface area (Å²) in [7, 11) is 1.79. The van der Waals surface area contributed by atoms with Gasteiger partial charge in [-0.3, -0.25) is 14.5 Å². The lowest BCUT2D eigenvalue weighted by molar-refractivity contribution is -0.137. The highest BCUT2D eigenvalue weighted by Crippen LogP contribution is 2.31. The predicted molar refractivity (Wildman–Crippen MR) is 133 cm³/mol. The largest absolute Gasteiger partial charge is 0.416 e. The summed E-state index contributed by atoms with van der Waals surface area (Å²) in [6.07, 6.45) is 0.443. The Balaban J connectivity index is 1.46. The molecule has 0 spiro atoms. The molecule has 0 atom stereocenters. The number of fused-ring (bicyclic) bond motifs is 1. The molecule has 0 aliphatic carbocycles. The minimum absolute atomic E-state index is 0.0129. The third-order valence-electron chi connectivity index (χ3n) is 5.94. The summed E-state index contributed by atoms with van der Waals surface area (Å²) < 4.78 is 40.9. The van der Waals surface area contributed by atoms with Crippen LogP contribution in [0.15, 0.2) is 73.2 Å². The molecule has 1 N–H and O–H groups in total. The van der Waals surface area contributed by atoms with Crippen molar-refractivity contribution in [2.45, 2.75) is 19.5 Å². The first kappa shape index (κ1) is 24.1. The number of pyridine rings is 1. The van der Waals surface area contributed by atoms with Crippen molar-refractivity contribution in [2.24, 2.45) is 7.05 Å². The van der Waals surface area contributed by atoms with Crippen LogP contribution in [-0.2, 0) is 19.6 Å². The molecule has 0 fully saturated rings. The van der Waals surface area contributed by atoms with Gasteiger partial charge in [0, 0.05) is 42.7 Å². The number of Topliss-reactive ketones (excluding diaryl/α,β-unsaturated/α-hetero) is 1. The minimum Gasteiger partial charge on any atom is -0.339 e. The lowest BCUT2D eigenvalue weighted by Crippen LogP contribution is -2.09. The molecule has 0 amide bonds. The van der Waals surface area contributed by atoms with Gasteiger partial charge in [0.2, 0.25) is 0 Å². The van der Waals surface area contributed by atoms with Crippen molar-refractivity contribution in [1.29, 1.82) is 0 Å². The van der Waals surface area contributed by atoms with Gasteiger partial charge < -0.3 is 5.32 Å². The molecule has 10 heteroatoms. The number of benzene rings is 2. The number of carbonyl (C=O) groups is 1. The van der Waals surface area contributed by atoms with E-state index in [-0.39, 0.29) is 12.0 Å². The molecule has 5 rings (SSSR count). The highest BCUT2D eigenvalue weighted by Gasteiger charge is 2.30. The summed E-state index contributed by atoms with van der Waals surface area (Å²) in [6, 6.07) is 13.6. The van der Waals surface area contributed by atoms with Crippen LogP contribution in [0.4, 0.5) is 24.7 Å². The summed E-state index contributed by atoms with van der Waals surface area (Å²) in [5, 5.41) is 8.35. The first-order valence-corrected chi connectivity index (χ1v) is 11.4. The highest BCUT2D eigenvalue weighted by molar-refractivity contribution is 5.98. The van der Waals surface area contributed by atoms with E-state index in [9.17, 15) is 18.0 Å². The third kappa shape index (κ3) is 5.04. The second-order valence-corrected chi connectivity index (χ2v) is 8.60. The van der Waals surface area contributed by atoms with E-state index in [2.05, 4.69) is 20.4 Å². The zero-order valence-electron chi connectivity index (χ0n) is 19.9. The molecule has 3 heterocycles. The number of aryl methyl sites for hydroxylation is 2. The van der Waals surface area contributed by atoms with E-state index in [1.165, 1.54) is 12.1 Å². The average molecular weight is 503 g/mol. The van der Waals surface area contributed by atoms with E-state index >= 15 is 0 Å². The van der Waals surface area contributed by atoms with Gasteiger partial charge in [-0.05, 0) is 48.4 Å². The fraction of sp³-hybridized carbons (Fsp3) is 0.148. The highest BCUT2D eigenvalue weighted by atomic mass is 19.4. The number of alkyl halides is 3. The van der Waals surface area contributed by atoms with Gasteiger partial charge in [-0.15, -0.1) is 0 Å². The van der Waals surface area contributed by atoms with Crippen molar-refractivity contribution in [3.63, 3.8) is 0 Å². The number of ketones is 1. The van der Waals surface area contributed by atoms with E-state index in [4.69, 9.17) is 4.98 Å². The predicted octanol–water partition coefficient (Wildman–Crippen LogP) is 5.92. The first-order chi connectivity index (χ1) is 17.7. The number of hydrogen-bond acceptors (Lipinski definition) is 6. The van der Waals surface area contributed by atoms with Crippen LogP contribution in [0, 0.1) is 6.92 Å². The summed E-state index contributed by atoms with van der Waals surface area (Å²) in [5.74, 6) is 0.595. The van der Waals surface area contributed by atoms with Crippen LogP contribution in [0.3, 0.4) is 0 Å². The van der Waals surface area contributed by atoms with Crippen LogP contribution in [0.25, 0.3) is 22.4 Å². The molecule has 37 heavy (non-hydrogen) atoms. The summed E-state index contributed by atoms with van der Waals surface area (Å²) in [5.41, 5.74) is 2.79. The molecule has 0 unspecified atom stereocenters. The molecule has 0 aliphatic rings. The summed E-state index contributed by atoms with van der Waals surface area (Å²) in [6.45, 7) is 1.91. The SMILES string of the molecule is Cc1ccc(CC(=O)c2cccc(C(F)(F)F)c2)cc1Nc1nc(-c2cccnc2)nc2c1cnn2C. The van der Waals surface area contributed by atoms with Crippen molar-refractivity contribution in [2.75, 3.05) is 5.32 Å². The topological polar surface area (TPSA) is 85.6 Å². The zero-order chi connectivity index (χ0) is 26.2. The number of rotatable bonds is 6. The second kappa shape index (κ2) is 9.45. The Hall–Kier alpha value is -4.60. The average Bonchev–Trinajstić information content (AvgIpc) is 3.27. The smallest absolute Gasteiger partial charge is 0.339 e. The van der Waals surface area contributed by atoms with Gasteiger partial charge in [0.1, 0.15) is 5.82 Å². The molecule has 0 radical (unpaired) electrons. The fourth-order valence-corrected chi connectivity index (χ4v) is 3.94. The van der Waals surface area contributed by atoms with Crippen molar-refractivity contribution < 1.29 is 18.0 Å². The van der Waals surface area contributed by atoms with Crippen LogP contribution < -0.4 is 5.32 Å². The van der Waals surface area contributed by atoms with Crippen LogP contribution in [0.5, 0.6) is 0 Å². The van der Waals surface area contributed by atoms with Crippen LogP contribution in [0.1, 0.15) is 27.0 Å². The third-order valence-corrected chi connectivity index (χ3v) is 5.94. The van der Waals surface area contributed by atoms with Gasteiger partial charge in [0.05, 0.1) is 17.1 Å². The zero-order valence-corrected chi connectivity index (χ0v) is 19.9. The number of hydrogen-bond donors (Lipinski definition) is 1. The lowest BCUT2D eigenvalue weighted by Gasteiger charge is -2.13. The number of halogens is 3. The van der Waals surface area contributed by atoms with Crippen LogP contribution in [0.2, 0.25) is 0 Å². The molecule has 0 saturated carbocycles. The first-order valence-electron chi connectivity index (χ1n) is 11.4. The molecule has 2 aromatic carbocycles. The Morgan fingerprint density at radius 2 is 1.86 bits per heavy atom. The van der Waals surface area contributed by atoms with Gasteiger partial charge in [-0.25, -0.2) is 9.97 Å². The van der Waals surface area contributed by atoms with Gasteiger partial charge in [-0.2, -0.15) is 18.3 Å². The number of anilines is 2. The van der Waals surface area contributed by atoms with E-state index in [1.807, 2.05) is 19.1 Å². The molecule has 0 bridgehead atoms. The number of nitrogens with zero attached hydrogens (tertiary/aromatic N) is 5. The summed E-state index contributed by atoms with van der Waals surface area (Å²) in [4.78, 5) is 26.3. The van der Waals surface area contributed by atoms with Crippen LogP contribution >= 0.6 is 0 Å². The van der Waals surface area contributed by atoms with Gasteiger partial charge >= 0.3 is 6.18 Å². The van der Waals surface area contributed by atoms with Crippen molar-refractivity contribution >= 4 is 28.3 Å². The molecule has 0 aliphatic heterocycles. The van der Waals surface area contributed by atoms with Crippen molar-refractivity contribution in [3.05, 3.63) is 95.4 Å². The second-order valence-electron chi connectivity index (χ2n) is 8.60. The standard InChI is InChI=1S/C27H21F3N6O/c1-16-8-9-17(12-23(37)18-5-3-7-20(13-18)27(28,29)30)11-22(16)33-25-21-15-32-36(2)26(21)35-24(34-25)19-6-4-10-31-14-19/h3-11,13-15H,12H2,1-2H3,(H,33,34,35). The van der Waals surface area contributed by atoms with E-state index in [0.29, 0.717) is 33.9 Å². The van der Waals surface area contributed by atoms with Crippen molar-refractivity contribution in [3.8, 4) is 11.4 Å². The van der Waals surface area contributed by atoms with E-state index < -0.39 is 17.5 Å². The molecule has 3 aromatic heterocycles. The molecular weight excluding hydrogens is 481 g/mol. The monoisotopic (exact) mass is 502 g/mol. The Kier molecular flexibility index (Phi) is 6.16. The molecule has 7 nitrogen and oxygen atoms in total. The summed E-state index contributed by atoms with van der Waals surface area (Å²) >= 11 is 0. The fourth-order valence-electron chi connectivity index (χ4n) is 3.94. The van der Waals surface area contributed by atoms with Gasteiger partial charge in [-0.1, -0.05) is 24.3 Å². The molecule has 186 valence electrons. The Bertz CT molecular complexity index is 1610. The number of aromatic nitrogens is 5. The van der Waals surface area contributed by atoms with E-state index in [1.54, 1.807) is 48.5 Å². The molecular formula is C27H21F3N6O. The quantitative estimate of drug-likeness (QED) is 0.290. The van der Waals surface area contributed by atoms with Gasteiger partial charge in [0.25, 0.3) is 0 Å². The molecule has 5 aromatic rings. The Labute approximate surface area is 210 Å². The maximum absolute atomic E-state index is 13.1. The van der Waals surface area contributed by atoms with Gasteiger partial charge in [0.15, 0.2) is 17.3 Å². The normalized spacial score (nSPS) is 11.6. The maximum Gasteiger partial charge on any atom is 0.416 e. The Morgan fingerprint density at radius 3 is 2.62 bits per heavy atom. The van der Waals surface area contributed by atoms with E-state index in [0.717, 1.165) is 23.3 Å². The Morgan fingerprint density at radius 1 is 1.03 bits per heavy atom. The minimum atomic E-state index is -4.51. The molecule has 0 saturated heterocycles. The maximum atomic E-state index is 13.1. The van der Waals surface area contributed by atoms with Crippen molar-refractivity contribution in [1.82, 2.24) is 24.7 Å². The number of carbonyl (C=O) groups excluding carboxylic acids is 1.